The molecular weight excluding hydrogens is 368 g/mol. The Morgan fingerprint density at radius 3 is 2.39 bits per heavy atom. The second-order valence-electron chi connectivity index (χ2n) is 6.40. The molecule has 2 heterocycles. The van der Waals surface area contributed by atoms with Gasteiger partial charge >= 0.3 is 0 Å². The number of benzene rings is 2. The maximum absolute atomic E-state index is 11.0. The van der Waals surface area contributed by atoms with E-state index in [1.54, 1.807) is 17.7 Å². The highest BCUT2D eigenvalue weighted by Crippen LogP contribution is 2.37. The predicted molar refractivity (Wildman–Crippen MR) is 115 cm³/mol. The van der Waals surface area contributed by atoms with Crippen LogP contribution in [-0.2, 0) is 4.79 Å². The van der Waals surface area contributed by atoms with Gasteiger partial charge in [-0.15, -0.1) is 11.3 Å². The molecule has 6 heteroatoms. The van der Waals surface area contributed by atoms with Gasteiger partial charge in [0.1, 0.15) is 17.0 Å². The molecule has 140 valence electrons. The van der Waals surface area contributed by atoms with E-state index in [9.17, 15) is 4.79 Å². The molecule has 28 heavy (non-hydrogen) atoms. The van der Waals surface area contributed by atoms with Gasteiger partial charge in [-0.25, -0.2) is 9.97 Å². The van der Waals surface area contributed by atoms with Crippen LogP contribution in [0, 0.1) is 0 Å². The molecule has 0 saturated carbocycles. The molecule has 4 aromatic rings. The first kappa shape index (κ1) is 18.1. The average molecular weight is 388 g/mol. The van der Waals surface area contributed by atoms with Crippen LogP contribution in [-0.4, -0.2) is 29.0 Å². The summed E-state index contributed by atoms with van der Waals surface area (Å²) in [5.41, 5.74) is 4.63. The maximum atomic E-state index is 11.0. The van der Waals surface area contributed by atoms with Crippen molar-refractivity contribution in [1.29, 1.82) is 0 Å². The molecule has 2 N–H and O–H groups in total. The molecule has 0 unspecified atom stereocenters. The van der Waals surface area contributed by atoms with E-state index >= 15 is 0 Å². The third kappa shape index (κ3) is 3.87. The summed E-state index contributed by atoms with van der Waals surface area (Å²) in [6.45, 7) is 2.67. The summed E-state index contributed by atoms with van der Waals surface area (Å²) in [7, 11) is 0. The van der Waals surface area contributed by atoms with Crippen molar-refractivity contribution in [3.05, 3.63) is 66.3 Å². The van der Waals surface area contributed by atoms with Crippen LogP contribution in [0.1, 0.15) is 6.92 Å². The Balaban J connectivity index is 1.62. The van der Waals surface area contributed by atoms with Crippen molar-refractivity contribution in [3.63, 3.8) is 0 Å². The Bertz CT molecular complexity index is 1090. The second kappa shape index (κ2) is 8.19. The molecule has 4 rings (SSSR count). The van der Waals surface area contributed by atoms with Crippen molar-refractivity contribution < 1.29 is 4.79 Å². The van der Waals surface area contributed by atoms with Crippen LogP contribution in [0.15, 0.2) is 66.3 Å². The molecule has 0 radical (unpaired) electrons. The predicted octanol–water partition coefficient (Wildman–Crippen LogP) is 4.57. The molecule has 0 bridgehead atoms. The number of amides is 1. The van der Waals surface area contributed by atoms with E-state index in [1.165, 1.54) is 18.1 Å². The van der Waals surface area contributed by atoms with E-state index in [0.717, 1.165) is 27.2 Å². The van der Waals surface area contributed by atoms with Gasteiger partial charge < -0.3 is 10.6 Å². The summed E-state index contributed by atoms with van der Waals surface area (Å²) in [4.78, 5) is 20.8. The van der Waals surface area contributed by atoms with E-state index in [0.29, 0.717) is 13.1 Å². The molecule has 1 amide bonds. The summed E-state index contributed by atoms with van der Waals surface area (Å²) in [5.74, 6) is 0.753. The number of carbonyl (C=O) groups is 1. The average Bonchev–Trinajstić information content (AvgIpc) is 3.17. The standard InChI is InChI=1S/C22H20N4OS/c1-15(27)23-11-12-24-21-20-19(13-28-22(20)26-14-25-21)18-9-7-17(8-10-18)16-5-3-2-4-6-16/h2-10,13-14H,11-12H2,1H3,(H,23,27)(H,24,25,26). The van der Waals surface area contributed by atoms with Crippen molar-refractivity contribution in [2.24, 2.45) is 0 Å². The summed E-state index contributed by atoms with van der Waals surface area (Å²) in [6, 6.07) is 18.9. The number of anilines is 1. The second-order valence-corrected chi connectivity index (χ2v) is 7.26. The van der Waals surface area contributed by atoms with Crippen LogP contribution >= 0.6 is 11.3 Å². The van der Waals surface area contributed by atoms with Gasteiger partial charge in [0.2, 0.25) is 5.91 Å². The van der Waals surface area contributed by atoms with Gasteiger partial charge in [-0.2, -0.15) is 0 Å². The van der Waals surface area contributed by atoms with Crippen molar-refractivity contribution in [2.45, 2.75) is 6.92 Å². The minimum Gasteiger partial charge on any atom is -0.368 e. The minimum atomic E-state index is -0.0376. The molecule has 0 aliphatic rings. The molecule has 2 aromatic carbocycles. The topological polar surface area (TPSA) is 66.9 Å². The molecule has 0 aliphatic carbocycles. The summed E-state index contributed by atoms with van der Waals surface area (Å²) < 4.78 is 0. The Morgan fingerprint density at radius 2 is 1.64 bits per heavy atom. The molecule has 5 nitrogen and oxygen atoms in total. The van der Waals surface area contributed by atoms with Gasteiger partial charge in [-0.3, -0.25) is 4.79 Å². The summed E-state index contributed by atoms with van der Waals surface area (Å²) in [5, 5.41) is 9.24. The van der Waals surface area contributed by atoms with E-state index in [4.69, 9.17) is 0 Å². The smallest absolute Gasteiger partial charge is 0.216 e. The number of rotatable bonds is 6. The summed E-state index contributed by atoms with van der Waals surface area (Å²) in [6.07, 6.45) is 1.57. The number of carbonyl (C=O) groups excluding carboxylic acids is 1. The van der Waals surface area contributed by atoms with Crippen LogP contribution < -0.4 is 10.6 Å². The van der Waals surface area contributed by atoms with Gasteiger partial charge in [0.05, 0.1) is 5.39 Å². The Morgan fingerprint density at radius 1 is 0.929 bits per heavy atom. The number of aromatic nitrogens is 2. The van der Waals surface area contributed by atoms with Crippen molar-refractivity contribution >= 4 is 33.3 Å². The third-order valence-corrected chi connectivity index (χ3v) is 5.35. The fraction of sp³-hybridized carbons (Fsp3) is 0.136. The minimum absolute atomic E-state index is 0.0376. The van der Waals surface area contributed by atoms with Crippen molar-refractivity contribution in [3.8, 4) is 22.3 Å². The van der Waals surface area contributed by atoms with E-state index < -0.39 is 0 Å². The van der Waals surface area contributed by atoms with E-state index in [2.05, 4.69) is 62.4 Å². The highest BCUT2D eigenvalue weighted by molar-refractivity contribution is 7.17. The molecule has 2 aromatic heterocycles. The zero-order chi connectivity index (χ0) is 19.3. The van der Waals surface area contributed by atoms with E-state index in [-0.39, 0.29) is 5.91 Å². The van der Waals surface area contributed by atoms with Gasteiger partial charge in [0.25, 0.3) is 0 Å². The Hall–Kier alpha value is -3.25. The number of fused-ring (bicyclic) bond motifs is 1. The molecule has 0 atom stereocenters. The Kier molecular flexibility index (Phi) is 5.30. The fourth-order valence-corrected chi connectivity index (χ4v) is 4.03. The summed E-state index contributed by atoms with van der Waals surface area (Å²) >= 11 is 1.61. The first-order chi connectivity index (χ1) is 13.7. The number of hydrogen-bond acceptors (Lipinski definition) is 5. The largest absolute Gasteiger partial charge is 0.368 e. The lowest BCUT2D eigenvalue weighted by molar-refractivity contribution is -0.118. The monoisotopic (exact) mass is 388 g/mol. The highest BCUT2D eigenvalue weighted by Gasteiger charge is 2.13. The van der Waals surface area contributed by atoms with Crippen LogP contribution in [0.4, 0.5) is 5.82 Å². The molecule has 0 saturated heterocycles. The SMILES string of the molecule is CC(=O)NCCNc1ncnc2scc(-c3ccc(-c4ccccc4)cc3)c12. The number of nitrogens with zero attached hydrogens (tertiary/aromatic N) is 2. The highest BCUT2D eigenvalue weighted by atomic mass is 32.1. The maximum Gasteiger partial charge on any atom is 0.216 e. The first-order valence-electron chi connectivity index (χ1n) is 9.09. The quantitative estimate of drug-likeness (QED) is 0.475. The molecule has 0 spiro atoms. The molecule has 0 fully saturated rings. The molecular formula is C22H20N4OS. The van der Waals surface area contributed by atoms with Crippen molar-refractivity contribution in [1.82, 2.24) is 15.3 Å². The van der Waals surface area contributed by atoms with Gasteiger partial charge in [0, 0.05) is 31.0 Å². The van der Waals surface area contributed by atoms with E-state index in [1.807, 2.05) is 18.2 Å². The number of hydrogen-bond donors (Lipinski definition) is 2. The Labute approximate surface area is 167 Å². The lowest BCUT2D eigenvalue weighted by Gasteiger charge is -2.09. The van der Waals surface area contributed by atoms with Gasteiger partial charge in [-0.1, -0.05) is 54.6 Å². The number of nitrogens with one attached hydrogen (secondary N) is 2. The zero-order valence-electron chi connectivity index (χ0n) is 15.5. The van der Waals surface area contributed by atoms with Crippen LogP contribution in [0.25, 0.3) is 32.5 Å². The van der Waals surface area contributed by atoms with Crippen molar-refractivity contribution in [2.75, 3.05) is 18.4 Å². The lowest BCUT2D eigenvalue weighted by Crippen LogP contribution is -2.26. The molecule has 0 aliphatic heterocycles. The van der Waals surface area contributed by atoms with Gasteiger partial charge in [0.15, 0.2) is 0 Å². The van der Waals surface area contributed by atoms with Crippen LogP contribution in [0.3, 0.4) is 0 Å². The van der Waals surface area contributed by atoms with Crippen LogP contribution in [0.2, 0.25) is 0 Å². The fourth-order valence-electron chi connectivity index (χ4n) is 3.11. The third-order valence-electron chi connectivity index (χ3n) is 4.46. The first-order valence-corrected chi connectivity index (χ1v) is 9.97. The van der Waals surface area contributed by atoms with Crippen LogP contribution in [0.5, 0.6) is 0 Å². The van der Waals surface area contributed by atoms with Gasteiger partial charge in [-0.05, 0) is 16.7 Å². The number of thiophene rings is 1. The normalized spacial score (nSPS) is 10.8. The lowest BCUT2D eigenvalue weighted by atomic mass is 10.0. The zero-order valence-corrected chi connectivity index (χ0v) is 16.3.